The van der Waals surface area contributed by atoms with Gasteiger partial charge in [-0.25, -0.2) is 19.2 Å². The average molecular weight is 394 g/mol. The molecule has 0 unspecified atom stereocenters. The molecule has 134 valence electrons. The molecule has 0 fully saturated rings. The van der Waals surface area contributed by atoms with Gasteiger partial charge in [0.25, 0.3) is 0 Å². The van der Waals surface area contributed by atoms with Gasteiger partial charge >= 0.3 is 5.97 Å². The summed E-state index contributed by atoms with van der Waals surface area (Å²) in [6.45, 7) is 1.68. The Balaban J connectivity index is 2.25. The molecule has 5 nitrogen and oxygen atoms in total. The van der Waals surface area contributed by atoms with Crippen LogP contribution in [0, 0.1) is 5.82 Å². The highest BCUT2D eigenvalue weighted by molar-refractivity contribution is 6.42. The van der Waals surface area contributed by atoms with Crippen molar-refractivity contribution in [3.05, 3.63) is 52.5 Å². The molecule has 0 aliphatic rings. The number of hydroxylamine groups is 1. The number of carbonyl (C=O) groups excluding carboxylic acids is 1. The number of benzene rings is 2. The largest absolute Gasteiger partial charge is 0.340 e. The van der Waals surface area contributed by atoms with Crippen LogP contribution in [0.2, 0.25) is 10.0 Å². The number of halogens is 3. The zero-order valence-electron chi connectivity index (χ0n) is 14.0. The van der Waals surface area contributed by atoms with Gasteiger partial charge in [-0.1, -0.05) is 42.3 Å². The van der Waals surface area contributed by atoms with Gasteiger partial charge in [0.1, 0.15) is 17.7 Å². The van der Waals surface area contributed by atoms with Gasteiger partial charge < -0.3 is 4.84 Å². The third-order valence-corrected chi connectivity index (χ3v) is 4.51. The predicted octanol–water partition coefficient (Wildman–Crippen LogP) is 5.05. The van der Waals surface area contributed by atoms with Crippen LogP contribution < -0.4 is 5.06 Å². The lowest BCUT2D eigenvalue weighted by molar-refractivity contribution is -0.144. The molecule has 2 aromatic carbocycles. The molecule has 0 saturated heterocycles. The first-order chi connectivity index (χ1) is 12.4. The molecular weight excluding hydrogens is 380 g/mol. The average Bonchev–Trinajstić information content (AvgIpc) is 2.64. The van der Waals surface area contributed by atoms with Crippen LogP contribution in [-0.2, 0) is 9.63 Å². The summed E-state index contributed by atoms with van der Waals surface area (Å²) in [5.41, 5.74) is 1.45. The fourth-order valence-electron chi connectivity index (χ4n) is 2.53. The minimum Gasteiger partial charge on any atom is -0.340 e. The maximum atomic E-state index is 14.3. The van der Waals surface area contributed by atoms with E-state index in [4.69, 9.17) is 28.0 Å². The fraction of sp³-hybridized carbons (Fsp3) is 0.167. The maximum absolute atomic E-state index is 14.3. The molecule has 0 aliphatic heterocycles. The van der Waals surface area contributed by atoms with Crippen LogP contribution in [0.3, 0.4) is 0 Å². The molecule has 0 aliphatic carbocycles. The number of carbonyl (C=O) groups is 1. The van der Waals surface area contributed by atoms with Crippen molar-refractivity contribution in [2.45, 2.75) is 13.3 Å². The molecule has 8 heteroatoms. The first-order valence-electron chi connectivity index (χ1n) is 7.75. The van der Waals surface area contributed by atoms with Crippen LogP contribution in [-0.4, -0.2) is 23.0 Å². The van der Waals surface area contributed by atoms with Gasteiger partial charge in [-0.3, -0.25) is 0 Å². The fourth-order valence-corrected chi connectivity index (χ4v) is 2.83. The molecular formula is C18H14Cl2FN3O2. The van der Waals surface area contributed by atoms with E-state index in [0.29, 0.717) is 26.6 Å². The second kappa shape index (κ2) is 7.43. The summed E-state index contributed by atoms with van der Waals surface area (Å²) in [6.07, 6.45) is 1.41. The summed E-state index contributed by atoms with van der Waals surface area (Å²) >= 11 is 12.1. The lowest BCUT2D eigenvalue weighted by Gasteiger charge is -2.19. The summed E-state index contributed by atoms with van der Waals surface area (Å²) in [6, 6.07) is 7.99. The number of rotatable bonds is 4. The van der Waals surface area contributed by atoms with Crippen LogP contribution in [0.25, 0.3) is 22.0 Å². The number of anilines is 1. The molecule has 0 spiro atoms. The maximum Gasteiger partial charge on any atom is 0.332 e. The van der Waals surface area contributed by atoms with Gasteiger partial charge in [0.05, 0.1) is 15.4 Å². The van der Waals surface area contributed by atoms with E-state index in [0.717, 1.165) is 0 Å². The van der Waals surface area contributed by atoms with Crippen molar-refractivity contribution in [3.8, 4) is 11.1 Å². The molecule has 3 aromatic rings. The van der Waals surface area contributed by atoms with Gasteiger partial charge in [0.15, 0.2) is 5.82 Å². The topological polar surface area (TPSA) is 55.3 Å². The van der Waals surface area contributed by atoms with E-state index >= 15 is 0 Å². The summed E-state index contributed by atoms with van der Waals surface area (Å²) in [7, 11) is 1.53. The number of hydrogen-bond acceptors (Lipinski definition) is 5. The van der Waals surface area contributed by atoms with E-state index in [-0.39, 0.29) is 17.8 Å². The molecule has 0 atom stereocenters. The number of aromatic nitrogens is 2. The highest BCUT2D eigenvalue weighted by Crippen LogP contribution is 2.36. The first-order valence-corrected chi connectivity index (χ1v) is 8.51. The van der Waals surface area contributed by atoms with Crippen molar-refractivity contribution in [1.82, 2.24) is 9.97 Å². The summed E-state index contributed by atoms with van der Waals surface area (Å²) in [5.74, 6) is -0.688. The van der Waals surface area contributed by atoms with E-state index < -0.39 is 11.8 Å². The van der Waals surface area contributed by atoms with Crippen LogP contribution >= 0.6 is 23.2 Å². The van der Waals surface area contributed by atoms with Crippen LogP contribution in [0.4, 0.5) is 10.2 Å². The molecule has 1 heterocycles. The van der Waals surface area contributed by atoms with Crippen molar-refractivity contribution in [1.29, 1.82) is 0 Å². The van der Waals surface area contributed by atoms with Crippen LogP contribution in [0.5, 0.6) is 0 Å². The van der Waals surface area contributed by atoms with E-state index in [9.17, 15) is 9.18 Å². The Morgan fingerprint density at radius 3 is 2.65 bits per heavy atom. The minimum absolute atomic E-state index is 0.109. The van der Waals surface area contributed by atoms with Crippen molar-refractivity contribution in [2.75, 3.05) is 12.1 Å². The van der Waals surface area contributed by atoms with E-state index in [1.807, 2.05) is 0 Å². The van der Waals surface area contributed by atoms with Crippen molar-refractivity contribution in [3.63, 3.8) is 0 Å². The molecule has 1 aromatic heterocycles. The predicted molar refractivity (Wildman–Crippen MR) is 99.7 cm³/mol. The number of hydrogen-bond donors (Lipinski definition) is 0. The Kier molecular flexibility index (Phi) is 5.25. The highest BCUT2D eigenvalue weighted by Gasteiger charge is 2.19. The quantitative estimate of drug-likeness (QED) is 0.580. The Morgan fingerprint density at radius 1 is 1.19 bits per heavy atom. The lowest BCUT2D eigenvalue weighted by atomic mass is 10.0. The summed E-state index contributed by atoms with van der Waals surface area (Å²) < 4.78 is 14.3. The molecule has 0 amide bonds. The molecule has 26 heavy (non-hydrogen) atoms. The van der Waals surface area contributed by atoms with E-state index in [2.05, 4.69) is 9.97 Å². The third kappa shape index (κ3) is 3.43. The molecule has 0 radical (unpaired) electrons. The molecule has 3 rings (SSSR count). The van der Waals surface area contributed by atoms with Gasteiger partial charge in [0.2, 0.25) is 0 Å². The Bertz CT molecular complexity index is 998. The zero-order valence-corrected chi connectivity index (χ0v) is 15.5. The van der Waals surface area contributed by atoms with Gasteiger partial charge in [-0.2, -0.15) is 5.06 Å². The zero-order chi connectivity index (χ0) is 18.8. The summed E-state index contributed by atoms with van der Waals surface area (Å²) in [5, 5.41) is 2.38. The summed E-state index contributed by atoms with van der Waals surface area (Å²) in [4.78, 5) is 25.0. The van der Waals surface area contributed by atoms with Crippen molar-refractivity contribution < 1.29 is 14.0 Å². The number of nitrogens with zero attached hydrogens (tertiary/aromatic N) is 3. The molecule has 0 N–H and O–H groups in total. The second-order valence-corrected chi connectivity index (χ2v) is 6.27. The monoisotopic (exact) mass is 393 g/mol. The van der Waals surface area contributed by atoms with E-state index in [1.165, 1.54) is 24.5 Å². The smallest absolute Gasteiger partial charge is 0.332 e. The van der Waals surface area contributed by atoms with E-state index in [1.54, 1.807) is 31.2 Å². The SMILES string of the molecule is CCC(=O)ON(C)c1ncnc2c(F)ccc(-c3ccc(Cl)c(Cl)c3)c12. The van der Waals surface area contributed by atoms with Crippen molar-refractivity contribution in [2.24, 2.45) is 0 Å². The van der Waals surface area contributed by atoms with Crippen molar-refractivity contribution >= 4 is 45.9 Å². The first kappa shape index (κ1) is 18.4. The van der Waals surface area contributed by atoms with Gasteiger partial charge in [-0.15, -0.1) is 0 Å². The third-order valence-electron chi connectivity index (χ3n) is 3.78. The molecule has 0 saturated carbocycles. The van der Waals surface area contributed by atoms with Crippen LogP contribution in [0.15, 0.2) is 36.7 Å². The van der Waals surface area contributed by atoms with Gasteiger partial charge in [0, 0.05) is 13.5 Å². The number of fused-ring (bicyclic) bond motifs is 1. The normalized spacial score (nSPS) is 10.8. The Morgan fingerprint density at radius 2 is 1.96 bits per heavy atom. The molecule has 0 bridgehead atoms. The van der Waals surface area contributed by atoms with Gasteiger partial charge in [-0.05, 0) is 29.3 Å². The minimum atomic E-state index is -0.511. The second-order valence-electron chi connectivity index (χ2n) is 5.46. The Hall–Kier alpha value is -2.44. The van der Waals surface area contributed by atoms with Crippen LogP contribution in [0.1, 0.15) is 13.3 Å². The lowest BCUT2D eigenvalue weighted by Crippen LogP contribution is -2.23. The Labute approximate surface area is 159 Å². The highest BCUT2D eigenvalue weighted by atomic mass is 35.5. The standard InChI is InChI=1S/C18H14Cl2FN3O2/c1-3-15(25)26-24(2)18-16-11(10-4-6-12(19)13(20)8-10)5-7-14(21)17(16)22-9-23-18/h4-9H,3H2,1-2H3.